The van der Waals surface area contributed by atoms with Crippen LogP contribution in [0.1, 0.15) is 34.9 Å². The summed E-state index contributed by atoms with van der Waals surface area (Å²) in [5.41, 5.74) is -1.55. The SMILES string of the molecule is O=C(c1ccnc(C(F)(F)F)c1)N1CCC2(CC(n3cnnc3)CO2)C1. The van der Waals surface area contributed by atoms with E-state index in [4.69, 9.17) is 4.74 Å². The first kappa shape index (κ1) is 17.0. The van der Waals surface area contributed by atoms with Gasteiger partial charge in [0.2, 0.25) is 0 Å². The Morgan fingerprint density at radius 2 is 2.08 bits per heavy atom. The number of aromatic nitrogens is 4. The summed E-state index contributed by atoms with van der Waals surface area (Å²) >= 11 is 0. The summed E-state index contributed by atoms with van der Waals surface area (Å²) in [6, 6.07) is 2.19. The summed E-state index contributed by atoms with van der Waals surface area (Å²) in [6.07, 6.45) is 1.04. The van der Waals surface area contributed by atoms with Gasteiger partial charge in [-0.05, 0) is 18.6 Å². The van der Waals surface area contributed by atoms with Gasteiger partial charge in [-0.1, -0.05) is 0 Å². The summed E-state index contributed by atoms with van der Waals surface area (Å²) in [5.74, 6) is -0.439. The lowest BCUT2D eigenvalue weighted by atomic mass is 9.97. The van der Waals surface area contributed by atoms with E-state index in [2.05, 4.69) is 15.2 Å². The van der Waals surface area contributed by atoms with Crippen molar-refractivity contribution < 1.29 is 22.7 Å². The lowest BCUT2D eigenvalue weighted by Crippen LogP contribution is -2.36. The molecule has 26 heavy (non-hydrogen) atoms. The predicted molar refractivity (Wildman–Crippen MR) is 82.1 cm³/mol. The third-order valence-corrected chi connectivity index (χ3v) is 4.95. The van der Waals surface area contributed by atoms with Gasteiger partial charge < -0.3 is 14.2 Å². The molecule has 0 radical (unpaired) electrons. The molecular weight excluding hydrogens is 351 g/mol. The van der Waals surface area contributed by atoms with Gasteiger partial charge in [-0.25, -0.2) is 0 Å². The molecule has 4 heterocycles. The molecule has 2 unspecified atom stereocenters. The zero-order valence-electron chi connectivity index (χ0n) is 13.7. The largest absolute Gasteiger partial charge is 0.433 e. The number of amides is 1. The monoisotopic (exact) mass is 367 g/mol. The second-order valence-electron chi connectivity index (χ2n) is 6.67. The van der Waals surface area contributed by atoms with Gasteiger partial charge in [0, 0.05) is 24.7 Å². The van der Waals surface area contributed by atoms with Crippen molar-refractivity contribution in [2.75, 3.05) is 19.7 Å². The van der Waals surface area contributed by atoms with Gasteiger partial charge in [-0.2, -0.15) is 13.2 Å². The molecule has 2 saturated heterocycles. The number of pyridine rings is 1. The van der Waals surface area contributed by atoms with Gasteiger partial charge in [0.05, 0.1) is 24.8 Å². The molecule has 2 aromatic rings. The summed E-state index contributed by atoms with van der Waals surface area (Å²) < 4.78 is 46.3. The Balaban J connectivity index is 1.47. The van der Waals surface area contributed by atoms with Gasteiger partial charge in [0.25, 0.3) is 5.91 Å². The number of carbonyl (C=O) groups is 1. The average Bonchev–Trinajstić information content (AvgIpc) is 3.35. The van der Waals surface area contributed by atoms with E-state index < -0.39 is 23.4 Å². The van der Waals surface area contributed by atoms with Gasteiger partial charge in [-0.15, -0.1) is 10.2 Å². The number of likely N-dealkylation sites (tertiary alicyclic amines) is 1. The molecule has 2 aliphatic rings. The summed E-state index contributed by atoms with van der Waals surface area (Å²) in [5, 5.41) is 7.58. The van der Waals surface area contributed by atoms with Gasteiger partial charge >= 0.3 is 6.18 Å². The number of hydrogen-bond acceptors (Lipinski definition) is 5. The zero-order valence-corrected chi connectivity index (χ0v) is 13.7. The van der Waals surface area contributed by atoms with Crippen LogP contribution < -0.4 is 0 Å². The highest BCUT2D eigenvalue weighted by Gasteiger charge is 2.47. The maximum atomic E-state index is 12.8. The Morgan fingerprint density at radius 3 is 2.81 bits per heavy atom. The molecule has 0 aliphatic carbocycles. The van der Waals surface area contributed by atoms with Gasteiger partial charge in [0.15, 0.2) is 0 Å². The second kappa shape index (κ2) is 6.04. The van der Waals surface area contributed by atoms with E-state index in [1.165, 1.54) is 6.07 Å². The van der Waals surface area contributed by atoms with Crippen molar-refractivity contribution in [1.82, 2.24) is 24.6 Å². The minimum absolute atomic E-state index is 0.0160. The van der Waals surface area contributed by atoms with E-state index in [0.717, 1.165) is 12.3 Å². The molecule has 4 rings (SSSR count). The Morgan fingerprint density at radius 1 is 1.31 bits per heavy atom. The van der Waals surface area contributed by atoms with Crippen LogP contribution in [0.2, 0.25) is 0 Å². The minimum atomic E-state index is -4.58. The second-order valence-corrected chi connectivity index (χ2v) is 6.67. The zero-order chi connectivity index (χ0) is 18.4. The molecule has 2 atom stereocenters. The number of ether oxygens (including phenoxy) is 1. The van der Waals surface area contributed by atoms with Crippen LogP contribution >= 0.6 is 0 Å². The normalized spacial score (nSPS) is 26.0. The van der Waals surface area contributed by atoms with Crippen LogP contribution in [-0.4, -0.2) is 55.9 Å². The van der Waals surface area contributed by atoms with E-state index in [-0.39, 0.29) is 11.6 Å². The fraction of sp³-hybridized carbons (Fsp3) is 0.500. The Labute approximate surface area is 146 Å². The van der Waals surface area contributed by atoms with Gasteiger partial charge in [0.1, 0.15) is 18.3 Å². The molecule has 7 nitrogen and oxygen atoms in total. The quantitative estimate of drug-likeness (QED) is 0.811. The Kier molecular flexibility index (Phi) is 3.94. The fourth-order valence-electron chi connectivity index (χ4n) is 3.61. The molecule has 138 valence electrons. The lowest BCUT2D eigenvalue weighted by Gasteiger charge is -2.23. The number of alkyl halides is 3. The number of carbonyl (C=O) groups excluding carboxylic acids is 1. The molecule has 0 saturated carbocycles. The van der Waals surface area contributed by atoms with Crippen LogP contribution in [0.5, 0.6) is 0 Å². The number of hydrogen-bond donors (Lipinski definition) is 0. The summed E-state index contributed by atoms with van der Waals surface area (Å²) in [7, 11) is 0. The molecule has 10 heteroatoms. The molecule has 1 amide bonds. The molecule has 2 aromatic heterocycles. The highest BCUT2D eigenvalue weighted by molar-refractivity contribution is 5.94. The van der Waals surface area contributed by atoms with Crippen molar-refractivity contribution in [3.63, 3.8) is 0 Å². The number of halogens is 3. The Bertz CT molecular complexity index is 810. The first-order valence-corrected chi connectivity index (χ1v) is 8.17. The van der Waals surface area contributed by atoms with Crippen LogP contribution in [0.25, 0.3) is 0 Å². The van der Waals surface area contributed by atoms with E-state index >= 15 is 0 Å². The molecule has 2 fully saturated rings. The molecule has 0 N–H and O–H groups in total. The van der Waals surface area contributed by atoms with E-state index in [9.17, 15) is 18.0 Å². The first-order valence-electron chi connectivity index (χ1n) is 8.17. The van der Waals surface area contributed by atoms with E-state index in [1.807, 2.05) is 4.57 Å². The Hall–Kier alpha value is -2.49. The molecular formula is C16H16F3N5O2. The maximum Gasteiger partial charge on any atom is 0.433 e. The number of rotatable bonds is 2. The highest BCUT2D eigenvalue weighted by Crippen LogP contribution is 2.40. The fourth-order valence-corrected chi connectivity index (χ4v) is 3.61. The smallest absolute Gasteiger partial charge is 0.371 e. The third kappa shape index (κ3) is 3.05. The van der Waals surface area contributed by atoms with Crippen LogP contribution in [0.15, 0.2) is 31.0 Å². The summed E-state index contributed by atoms with van der Waals surface area (Å²) in [6.45, 7) is 1.29. The van der Waals surface area contributed by atoms with Crippen molar-refractivity contribution in [2.24, 2.45) is 0 Å². The third-order valence-electron chi connectivity index (χ3n) is 4.95. The van der Waals surface area contributed by atoms with Crippen molar-refractivity contribution in [1.29, 1.82) is 0 Å². The average molecular weight is 367 g/mol. The lowest BCUT2D eigenvalue weighted by molar-refractivity contribution is -0.141. The van der Waals surface area contributed by atoms with Crippen LogP contribution in [0, 0.1) is 0 Å². The highest BCUT2D eigenvalue weighted by atomic mass is 19.4. The van der Waals surface area contributed by atoms with Crippen LogP contribution in [0.3, 0.4) is 0 Å². The van der Waals surface area contributed by atoms with Crippen LogP contribution in [-0.2, 0) is 10.9 Å². The van der Waals surface area contributed by atoms with E-state index in [0.29, 0.717) is 32.5 Å². The predicted octanol–water partition coefficient (Wildman–Crippen LogP) is 1.94. The van der Waals surface area contributed by atoms with E-state index in [1.54, 1.807) is 17.6 Å². The maximum absolute atomic E-state index is 12.8. The van der Waals surface area contributed by atoms with Crippen LogP contribution in [0.4, 0.5) is 13.2 Å². The topological polar surface area (TPSA) is 73.1 Å². The molecule has 1 spiro atoms. The standard InChI is InChI=1S/C16H16F3N5O2/c17-16(18,19)13-5-11(1-3-20-13)14(25)23-4-2-15(8-23)6-12(7-26-15)24-9-21-22-10-24/h1,3,5,9-10,12H,2,4,6-8H2. The number of nitrogens with zero attached hydrogens (tertiary/aromatic N) is 5. The molecule has 0 aromatic carbocycles. The minimum Gasteiger partial charge on any atom is -0.371 e. The molecule has 2 aliphatic heterocycles. The van der Waals surface area contributed by atoms with Crippen molar-refractivity contribution in [3.05, 3.63) is 42.2 Å². The summed E-state index contributed by atoms with van der Waals surface area (Å²) in [4.78, 5) is 17.5. The van der Waals surface area contributed by atoms with Crippen molar-refractivity contribution >= 4 is 5.91 Å². The first-order chi connectivity index (χ1) is 12.4. The molecule has 0 bridgehead atoms. The van der Waals surface area contributed by atoms with Crippen molar-refractivity contribution in [2.45, 2.75) is 30.7 Å². The van der Waals surface area contributed by atoms with Gasteiger partial charge in [-0.3, -0.25) is 9.78 Å². The van der Waals surface area contributed by atoms with Crippen molar-refractivity contribution in [3.8, 4) is 0 Å².